The van der Waals surface area contributed by atoms with Crippen molar-refractivity contribution in [2.45, 2.75) is 20.8 Å². The molecule has 0 fully saturated rings. The highest BCUT2D eigenvalue weighted by Crippen LogP contribution is 2.28. The van der Waals surface area contributed by atoms with Gasteiger partial charge in [0.25, 0.3) is 0 Å². The van der Waals surface area contributed by atoms with Crippen LogP contribution in [-0.4, -0.2) is 4.98 Å². The van der Waals surface area contributed by atoms with Crippen LogP contribution in [-0.2, 0) is 0 Å². The molecule has 0 spiro atoms. The van der Waals surface area contributed by atoms with Crippen LogP contribution < -0.4 is 4.74 Å². The number of pyridine rings is 1. The van der Waals surface area contributed by atoms with E-state index in [4.69, 9.17) is 4.74 Å². The molecule has 0 aliphatic rings. The van der Waals surface area contributed by atoms with Gasteiger partial charge in [0.2, 0.25) is 5.88 Å². The molecule has 2 aromatic rings. The summed E-state index contributed by atoms with van der Waals surface area (Å²) < 4.78 is 6.84. The molecule has 0 unspecified atom stereocenters. The minimum absolute atomic E-state index is 0.622. The highest BCUT2D eigenvalue weighted by Gasteiger charge is 2.04. The second kappa shape index (κ2) is 4.88. The molecule has 0 N–H and O–H groups in total. The Bertz CT molecular complexity index is 511. The number of benzene rings is 1. The molecule has 0 saturated carbocycles. The zero-order valence-corrected chi connectivity index (χ0v) is 11.7. The zero-order chi connectivity index (χ0) is 12.4. The first kappa shape index (κ1) is 12.1. The van der Waals surface area contributed by atoms with E-state index in [0.29, 0.717) is 5.88 Å². The molecule has 1 aromatic carbocycles. The van der Waals surface area contributed by atoms with Crippen molar-refractivity contribution < 1.29 is 4.74 Å². The Kier molecular flexibility index (Phi) is 3.48. The molecule has 1 heterocycles. The van der Waals surface area contributed by atoms with Crippen molar-refractivity contribution in [1.82, 2.24) is 4.98 Å². The van der Waals surface area contributed by atoms with E-state index in [-0.39, 0.29) is 0 Å². The van der Waals surface area contributed by atoms with Crippen LogP contribution in [0.25, 0.3) is 0 Å². The maximum absolute atomic E-state index is 5.72. The molecule has 0 amide bonds. The summed E-state index contributed by atoms with van der Waals surface area (Å²) in [5.74, 6) is 1.44. The van der Waals surface area contributed by atoms with E-state index in [1.807, 2.05) is 45.0 Å². The molecule has 2 nitrogen and oxygen atoms in total. The van der Waals surface area contributed by atoms with Crippen LogP contribution in [0, 0.1) is 20.8 Å². The van der Waals surface area contributed by atoms with Gasteiger partial charge in [0.15, 0.2) is 0 Å². The molecule has 2 rings (SSSR count). The summed E-state index contributed by atoms with van der Waals surface area (Å²) in [4.78, 5) is 4.22. The Hall–Kier alpha value is -1.35. The van der Waals surface area contributed by atoms with Crippen molar-refractivity contribution in [2.24, 2.45) is 0 Å². The highest BCUT2D eigenvalue weighted by atomic mass is 79.9. The predicted octanol–water partition coefficient (Wildman–Crippen LogP) is 4.56. The number of nitrogens with zero attached hydrogens (tertiary/aromatic N) is 1. The Morgan fingerprint density at radius 1 is 1.06 bits per heavy atom. The summed E-state index contributed by atoms with van der Waals surface area (Å²) in [7, 11) is 0. The SMILES string of the molecule is Cc1ccc(Oc2cc(C)c(Br)c(C)c2)nc1. The fourth-order valence-corrected chi connectivity index (χ4v) is 1.83. The fourth-order valence-electron chi connectivity index (χ4n) is 1.60. The van der Waals surface area contributed by atoms with Crippen LogP contribution in [0.15, 0.2) is 34.9 Å². The Balaban J connectivity index is 2.27. The first-order chi connectivity index (χ1) is 8.06. The molecule has 17 heavy (non-hydrogen) atoms. The van der Waals surface area contributed by atoms with Crippen LogP contribution in [0.5, 0.6) is 11.6 Å². The summed E-state index contributed by atoms with van der Waals surface area (Å²) in [6, 6.07) is 7.86. The molecule has 0 bridgehead atoms. The van der Waals surface area contributed by atoms with Crippen molar-refractivity contribution in [2.75, 3.05) is 0 Å². The standard InChI is InChI=1S/C14H14BrNO/c1-9-4-5-13(16-8-9)17-12-6-10(2)14(15)11(3)7-12/h4-8H,1-3H3. The Labute approximate surface area is 110 Å². The van der Waals surface area contributed by atoms with Crippen molar-refractivity contribution >= 4 is 15.9 Å². The van der Waals surface area contributed by atoms with Crippen molar-refractivity contribution in [3.05, 3.63) is 51.6 Å². The van der Waals surface area contributed by atoms with Gasteiger partial charge in [0.05, 0.1) is 0 Å². The number of halogens is 1. The lowest BCUT2D eigenvalue weighted by atomic mass is 10.1. The lowest BCUT2D eigenvalue weighted by Crippen LogP contribution is -1.90. The van der Waals surface area contributed by atoms with Gasteiger partial charge in [-0.15, -0.1) is 0 Å². The Morgan fingerprint density at radius 2 is 1.71 bits per heavy atom. The Morgan fingerprint density at radius 3 is 2.24 bits per heavy atom. The number of aromatic nitrogens is 1. The third-order valence-electron chi connectivity index (χ3n) is 2.52. The summed E-state index contributed by atoms with van der Waals surface area (Å²) >= 11 is 3.54. The van der Waals surface area contributed by atoms with Crippen molar-refractivity contribution in [1.29, 1.82) is 0 Å². The van der Waals surface area contributed by atoms with Gasteiger partial charge < -0.3 is 4.74 Å². The van der Waals surface area contributed by atoms with Gasteiger partial charge in [0, 0.05) is 16.7 Å². The van der Waals surface area contributed by atoms with Gasteiger partial charge in [-0.25, -0.2) is 4.98 Å². The quantitative estimate of drug-likeness (QED) is 0.809. The lowest BCUT2D eigenvalue weighted by molar-refractivity contribution is 0.462. The monoisotopic (exact) mass is 291 g/mol. The fraction of sp³-hybridized carbons (Fsp3) is 0.214. The lowest BCUT2D eigenvalue weighted by Gasteiger charge is -2.09. The summed E-state index contributed by atoms with van der Waals surface area (Å²) in [6.45, 7) is 6.10. The maximum atomic E-state index is 5.72. The number of ether oxygens (including phenoxy) is 1. The molecular weight excluding hydrogens is 278 g/mol. The summed E-state index contributed by atoms with van der Waals surface area (Å²) in [6.07, 6.45) is 1.80. The van der Waals surface area contributed by atoms with Crippen LogP contribution in [0.2, 0.25) is 0 Å². The molecule has 88 valence electrons. The first-order valence-corrected chi connectivity index (χ1v) is 6.23. The van der Waals surface area contributed by atoms with E-state index in [9.17, 15) is 0 Å². The predicted molar refractivity (Wildman–Crippen MR) is 72.7 cm³/mol. The van der Waals surface area contributed by atoms with Crippen LogP contribution in [0.3, 0.4) is 0 Å². The van der Waals surface area contributed by atoms with E-state index < -0.39 is 0 Å². The van der Waals surface area contributed by atoms with Gasteiger partial charge in [0.1, 0.15) is 5.75 Å². The van der Waals surface area contributed by atoms with E-state index in [2.05, 4.69) is 20.9 Å². The van der Waals surface area contributed by atoms with E-state index in [1.165, 1.54) is 0 Å². The average molecular weight is 292 g/mol. The third kappa shape index (κ3) is 2.86. The molecule has 3 heteroatoms. The molecule has 1 aromatic heterocycles. The smallest absolute Gasteiger partial charge is 0.219 e. The normalized spacial score (nSPS) is 10.4. The molecule has 0 aliphatic heterocycles. The van der Waals surface area contributed by atoms with Crippen molar-refractivity contribution in [3.8, 4) is 11.6 Å². The molecule has 0 radical (unpaired) electrons. The second-order valence-corrected chi connectivity index (χ2v) is 4.94. The molecule has 0 aliphatic carbocycles. The molecule has 0 saturated heterocycles. The van der Waals surface area contributed by atoms with Crippen molar-refractivity contribution in [3.63, 3.8) is 0 Å². The third-order valence-corrected chi connectivity index (χ3v) is 3.77. The van der Waals surface area contributed by atoms with E-state index in [1.54, 1.807) is 6.20 Å². The van der Waals surface area contributed by atoms with Gasteiger partial charge in [-0.2, -0.15) is 0 Å². The molecular formula is C14H14BrNO. The van der Waals surface area contributed by atoms with Gasteiger partial charge >= 0.3 is 0 Å². The summed E-state index contributed by atoms with van der Waals surface area (Å²) in [5.41, 5.74) is 3.44. The largest absolute Gasteiger partial charge is 0.439 e. The van der Waals surface area contributed by atoms with Crippen LogP contribution >= 0.6 is 15.9 Å². The minimum atomic E-state index is 0.622. The van der Waals surface area contributed by atoms with Gasteiger partial charge in [-0.05, 0) is 49.6 Å². The van der Waals surface area contributed by atoms with E-state index in [0.717, 1.165) is 26.9 Å². The zero-order valence-electron chi connectivity index (χ0n) is 10.1. The van der Waals surface area contributed by atoms with E-state index >= 15 is 0 Å². The number of hydrogen-bond acceptors (Lipinski definition) is 2. The number of hydrogen-bond donors (Lipinski definition) is 0. The number of rotatable bonds is 2. The highest BCUT2D eigenvalue weighted by molar-refractivity contribution is 9.10. The summed E-state index contributed by atoms with van der Waals surface area (Å²) in [5, 5.41) is 0. The topological polar surface area (TPSA) is 22.1 Å². The van der Waals surface area contributed by atoms with Crippen LogP contribution in [0.1, 0.15) is 16.7 Å². The van der Waals surface area contributed by atoms with Crippen LogP contribution in [0.4, 0.5) is 0 Å². The minimum Gasteiger partial charge on any atom is -0.439 e. The molecule has 0 atom stereocenters. The maximum Gasteiger partial charge on any atom is 0.219 e. The number of aryl methyl sites for hydroxylation is 3. The van der Waals surface area contributed by atoms with Gasteiger partial charge in [-0.1, -0.05) is 22.0 Å². The first-order valence-electron chi connectivity index (χ1n) is 5.43. The second-order valence-electron chi connectivity index (χ2n) is 4.15. The van der Waals surface area contributed by atoms with Gasteiger partial charge in [-0.3, -0.25) is 0 Å². The average Bonchev–Trinajstić information content (AvgIpc) is 2.29.